The SMILES string of the molecule is CN(C(=O)NCc1ccc(C(=O)O)cc1)C1CCN(Cc2ccccc2)CC1. The molecule has 6 heteroatoms. The van der Waals surface area contributed by atoms with E-state index in [0.29, 0.717) is 6.54 Å². The number of benzene rings is 2. The highest BCUT2D eigenvalue weighted by Gasteiger charge is 2.25. The lowest BCUT2D eigenvalue weighted by atomic mass is 10.0. The molecular weight excluding hydrogens is 354 g/mol. The van der Waals surface area contributed by atoms with Crippen molar-refractivity contribution in [1.29, 1.82) is 0 Å². The van der Waals surface area contributed by atoms with E-state index >= 15 is 0 Å². The molecule has 28 heavy (non-hydrogen) atoms. The van der Waals surface area contributed by atoms with Gasteiger partial charge in [0.15, 0.2) is 0 Å². The summed E-state index contributed by atoms with van der Waals surface area (Å²) in [4.78, 5) is 27.6. The molecule has 0 unspecified atom stereocenters. The van der Waals surface area contributed by atoms with E-state index in [0.717, 1.165) is 38.0 Å². The molecule has 1 saturated heterocycles. The van der Waals surface area contributed by atoms with Crippen molar-refractivity contribution in [1.82, 2.24) is 15.1 Å². The number of hydrogen-bond donors (Lipinski definition) is 2. The topological polar surface area (TPSA) is 72.9 Å². The van der Waals surface area contributed by atoms with Gasteiger partial charge in [-0.2, -0.15) is 0 Å². The van der Waals surface area contributed by atoms with Gasteiger partial charge in [0, 0.05) is 39.3 Å². The maximum absolute atomic E-state index is 12.5. The number of likely N-dealkylation sites (tertiary alicyclic amines) is 1. The van der Waals surface area contributed by atoms with Crippen LogP contribution in [0.25, 0.3) is 0 Å². The van der Waals surface area contributed by atoms with Gasteiger partial charge in [-0.05, 0) is 36.1 Å². The van der Waals surface area contributed by atoms with E-state index in [9.17, 15) is 9.59 Å². The second kappa shape index (κ2) is 9.37. The third-order valence-corrected chi connectivity index (χ3v) is 5.32. The fourth-order valence-corrected chi connectivity index (χ4v) is 3.54. The Balaban J connectivity index is 1.43. The van der Waals surface area contributed by atoms with Gasteiger partial charge in [0.1, 0.15) is 0 Å². The average molecular weight is 381 g/mol. The molecule has 0 bridgehead atoms. The van der Waals surface area contributed by atoms with Gasteiger partial charge in [-0.1, -0.05) is 42.5 Å². The summed E-state index contributed by atoms with van der Waals surface area (Å²) in [5.41, 5.74) is 2.44. The summed E-state index contributed by atoms with van der Waals surface area (Å²) < 4.78 is 0. The van der Waals surface area contributed by atoms with Gasteiger partial charge < -0.3 is 15.3 Å². The maximum Gasteiger partial charge on any atom is 0.335 e. The summed E-state index contributed by atoms with van der Waals surface area (Å²) in [6.07, 6.45) is 1.92. The Labute approximate surface area is 165 Å². The molecule has 2 N–H and O–H groups in total. The van der Waals surface area contributed by atoms with Gasteiger partial charge in [-0.3, -0.25) is 4.90 Å². The van der Waals surface area contributed by atoms with Crippen LogP contribution in [0, 0.1) is 0 Å². The lowest BCUT2D eigenvalue weighted by Crippen LogP contribution is -2.48. The standard InChI is InChI=1S/C22H27N3O3/c1-24(22(28)23-15-17-7-9-19(10-8-17)21(26)27)20-11-13-25(14-12-20)16-18-5-3-2-4-6-18/h2-10,20H,11-16H2,1H3,(H,23,28)(H,26,27). The number of nitrogens with zero attached hydrogens (tertiary/aromatic N) is 2. The summed E-state index contributed by atoms with van der Waals surface area (Å²) in [5, 5.41) is 11.9. The van der Waals surface area contributed by atoms with E-state index < -0.39 is 5.97 Å². The molecule has 2 aromatic rings. The first-order valence-corrected chi connectivity index (χ1v) is 9.62. The molecule has 1 heterocycles. The first-order valence-electron chi connectivity index (χ1n) is 9.62. The number of carboxylic acid groups (broad SMARTS) is 1. The molecule has 2 aromatic carbocycles. The predicted octanol–water partition coefficient (Wildman–Crippen LogP) is 3.19. The van der Waals surface area contributed by atoms with Gasteiger partial charge >= 0.3 is 12.0 Å². The Morgan fingerprint density at radius 3 is 2.29 bits per heavy atom. The van der Waals surface area contributed by atoms with E-state index in [1.165, 1.54) is 5.56 Å². The molecule has 1 aliphatic rings. The second-order valence-electron chi connectivity index (χ2n) is 7.26. The van der Waals surface area contributed by atoms with Crippen LogP contribution in [0.3, 0.4) is 0 Å². The van der Waals surface area contributed by atoms with Crippen LogP contribution in [0.15, 0.2) is 54.6 Å². The van der Waals surface area contributed by atoms with Crippen molar-refractivity contribution in [3.05, 3.63) is 71.3 Å². The summed E-state index contributed by atoms with van der Waals surface area (Å²) in [5.74, 6) is -0.950. The summed E-state index contributed by atoms with van der Waals surface area (Å²) in [7, 11) is 1.85. The Bertz CT molecular complexity index is 784. The van der Waals surface area contributed by atoms with Crippen LogP contribution in [0.5, 0.6) is 0 Å². The summed E-state index contributed by atoms with van der Waals surface area (Å²) in [6, 6.07) is 17.2. The van der Waals surface area contributed by atoms with Crippen molar-refractivity contribution in [2.24, 2.45) is 0 Å². The van der Waals surface area contributed by atoms with Crippen molar-refractivity contribution in [3.8, 4) is 0 Å². The number of aromatic carboxylic acids is 1. The molecule has 0 aliphatic carbocycles. The molecule has 0 radical (unpaired) electrons. The first-order chi connectivity index (χ1) is 13.5. The average Bonchev–Trinajstić information content (AvgIpc) is 2.73. The van der Waals surface area contributed by atoms with Crippen molar-refractivity contribution in [3.63, 3.8) is 0 Å². The number of nitrogens with one attached hydrogen (secondary N) is 1. The van der Waals surface area contributed by atoms with Crippen molar-refractivity contribution in [2.45, 2.75) is 32.0 Å². The molecule has 1 fully saturated rings. The van der Waals surface area contributed by atoms with Crippen LogP contribution in [-0.4, -0.2) is 53.1 Å². The zero-order chi connectivity index (χ0) is 19.9. The third-order valence-electron chi connectivity index (χ3n) is 5.32. The fraction of sp³-hybridized carbons (Fsp3) is 0.364. The van der Waals surface area contributed by atoms with Crippen molar-refractivity contribution >= 4 is 12.0 Å². The van der Waals surface area contributed by atoms with Crippen molar-refractivity contribution < 1.29 is 14.7 Å². The van der Waals surface area contributed by atoms with E-state index in [1.807, 2.05) is 13.1 Å². The zero-order valence-corrected chi connectivity index (χ0v) is 16.2. The highest BCUT2D eigenvalue weighted by molar-refractivity contribution is 5.87. The number of amides is 2. The van der Waals surface area contributed by atoms with Gasteiger partial charge in [0.2, 0.25) is 0 Å². The summed E-state index contributed by atoms with van der Waals surface area (Å²) >= 11 is 0. The maximum atomic E-state index is 12.5. The number of carbonyl (C=O) groups excluding carboxylic acids is 1. The molecule has 0 saturated carbocycles. The Kier molecular flexibility index (Phi) is 6.66. The van der Waals surface area contributed by atoms with Gasteiger partial charge in [-0.25, -0.2) is 9.59 Å². The quantitative estimate of drug-likeness (QED) is 0.806. The number of rotatable bonds is 6. The molecule has 0 spiro atoms. The highest BCUT2D eigenvalue weighted by Crippen LogP contribution is 2.17. The van der Waals surface area contributed by atoms with Crippen molar-refractivity contribution in [2.75, 3.05) is 20.1 Å². The molecular formula is C22H27N3O3. The Morgan fingerprint density at radius 2 is 1.68 bits per heavy atom. The fourth-order valence-electron chi connectivity index (χ4n) is 3.54. The van der Waals surface area contributed by atoms with Crippen LogP contribution < -0.4 is 5.32 Å². The molecule has 3 rings (SSSR count). The molecule has 1 aliphatic heterocycles. The minimum absolute atomic E-state index is 0.0937. The van der Waals surface area contributed by atoms with Crippen LogP contribution in [-0.2, 0) is 13.1 Å². The Morgan fingerprint density at radius 1 is 1.04 bits per heavy atom. The largest absolute Gasteiger partial charge is 0.478 e. The monoisotopic (exact) mass is 381 g/mol. The lowest BCUT2D eigenvalue weighted by molar-refractivity contribution is 0.0697. The smallest absolute Gasteiger partial charge is 0.335 e. The van der Waals surface area contributed by atoms with E-state index in [4.69, 9.17) is 5.11 Å². The Hall–Kier alpha value is -2.86. The minimum Gasteiger partial charge on any atom is -0.478 e. The first kappa shape index (κ1) is 19.9. The molecule has 148 valence electrons. The van der Waals surface area contributed by atoms with E-state index in [1.54, 1.807) is 29.2 Å². The van der Waals surface area contributed by atoms with Crippen LogP contribution in [0.1, 0.15) is 34.3 Å². The van der Waals surface area contributed by atoms with Crippen LogP contribution in [0.2, 0.25) is 0 Å². The van der Waals surface area contributed by atoms with E-state index in [2.05, 4.69) is 34.5 Å². The van der Waals surface area contributed by atoms with Gasteiger partial charge in [0.05, 0.1) is 5.56 Å². The van der Waals surface area contributed by atoms with Crippen LogP contribution >= 0.6 is 0 Å². The number of urea groups is 1. The number of hydrogen-bond acceptors (Lipinski definition) is 3. The lowest BCUT2D eigenvalue weighted by Gasteiger charge is -2.36. The highest BCUT2D eigenvalue weighted by atomic mass is 16.4. The van der Waals surface area contributed by atoms with E-state index in [-0.39, 0.29) is 17.6 Å². The number of carbonyl (C=O) groups is 2. The molecule has 0 atom stereocenters. The van der Waals surface area contributed by atoms with Gasteiger partial charge in [0.25, 0.3) is 0 Å². The molecule has 6 nitrogen and oxygen atoms in total. The normalized spacial score (nSPS) is 15.2. The summed E-state index contributed by atoms with van der Waals surface area (Å²) in [6.45, 7) is 3.30. The van der Waals surface area contributed by atoms with Crippen LogP contribution in [0.4, 0.5) is 4.79 Å². The zero-order valence-electron chi connectivity index (χ0n) is 16.2. The second-order valence-corrected chi connectivity index (χ2v) is 7.26. The minimum atomic E-state index is -0.950. The third kappa shape index (κ3) is 5.33. The number of carboxylic acids is 1. The molecule has 0 aromatic heterocycles. The van der Waals surface area contributed by atoms with Gasteiger partial charge in [-0.15, -0.1) is 0 Å². The predicted molar refractivity (Wildman–Crippen MR) is 108 cm³/mol. The molecule has 2 amide bonds. The number of piperidine rings is 1.